The van der Waals surface area contributed by atoms with E-state index >= 15 is 0 Å². The molecule has 0 aliphatic heterocycles. The van der Waals surface area contributed by atoms with Gasteiger partial charge in [-0.1, -0.05) is 5.16 Å². The highest BCUT2D eigenvalue weighted by Crippen LogP contribution is 2.42. The van der Waals surface area contributed by atoms with E-state index in [2.05, 4.69) is 20.4 Å². The minimum absolute atomic E-state index is 0.298. The number of nitrogens with zero attached hydrogens (tertiary/aromatic N) is 2. The average molecular weight is 613 g/mol. The number of carbonyl (C=O) groups excluding carboxylic acids is 1. The lowest BCUT2D eigenvalue weighted by molar-refractivity contribution is 0.102. The largest absolute Gasteiger partial charge is 0.497 e. The van der Waals surface area contributed by atoms with Gasteiger partial charge in [-0.2, -0.15) is 0 Å². The van der Waals surface area contributed by atoms with Gasteiger partial charge < -0.3 is 38.5 Å². The van der Waals surface area contributed by atoms with Crippen LogP contribution in [0, 0.1) is 0 Å². The van der Waals surface area contributed by atoms with Gasteiger partial charge in [-0.05, 0) is 30.3 Å². The van der Waals surface area contributed by atoms with Crippen molar-refractivity contribution in [3.63, 3.8) is 0 Å². The zero-order valence-electron chi connectivity index (χ0n) is 24.5. The van der Waals surface area contributed by atoms with Crippen LogP contribution < -0.4 is 29.0 Å². The van der Waals surface area contributed by atoms with Crippen molar-refractivity contribution >= 4 is 33.8 Å². The number of thiazole rings is 1. The zero-order valence-corrected chi connectivity index (χ0v) is 25.3. The molecule has 0 spiro atoms. The molecule has 2 N–H and O–H groups in total. The fourth-order valence-corrected chi connectivity index (χ4v) is 5.61. The van der Waals surface area contributed by atoms with Crippen LogP contribution >= 0.6 is 11.3 Å². The second-order valence-corrected chi connectivity index (χ2v) is 10.4. The number of carbonyl (C=O) groups is 1. The first kappa shape index (κ1) is 28.6. The Morgan fingerprint density at radius 1 is 0.841 bits per heavy atom. The average Bonchev–Trinajstić information content (AvgIpc) is 3.83. The highest BCUT2D eigenvalue weighted by atomic mass is 32.1. The van der Waals surface area contributed by atoms with Crippen LogP contribution in [0.1, 0.15) is 10.5 Å². The molecule has 12 heteroatoms. The molecule has 0 fully saturated rings. The maximum atomic E-state index is 13.0. The van der Waals surface area contributed by atoms with Crippen LogP contribution in [0.25, 0.3) is 44.1 Å². The summed E-state index contributed by atoms with van der Waals surface area (Å²) in [5, 5.41) is 10.5. The van der Waals surface area contributed by atoms with Crippen LogP contribution in [0.15, 0.2) is 70.7 Å². The molecule has 3 aromatic heterocycles. The Labute approximate surface area is 256 Å². The molecule has 6 rings (SSSR count). The van der Waals surface area contributed by atoms with Crippen molar-refractivity contribution in [1.29, 1.82) is 0 Å². The zero-order chi connectivity index (χ0) is 30.8. The Balaban J connectivity index is 1.27. The van der Waals surface area contributed by atoms with Crippen molar-refractivity contribution in [2.24, 2.45) is 0 Å². The number of hydrogen-bond acceptors (Lipinski definition) is 10. The lowest BCUT2D eigenvalue weighted by Gasteiger charge is -2.13. The summed E-state index contributed by atoms with van der Waals surface area (Å²) in [6.07, 6.45) is 1.87. The summed E-state index contributed by atoms with van der Waals surface area (Å²) in [6.45, 7) is 0. The minimum atomic E-state index is -0.341. The first-order chi connectivity index (χ1) is 21.4. The predicted molar refractivity (Wildman–Crippen MR) is 167 cm³/mol. The molecular formula is C32H28N4O7S. The van der Waals surface area contributed by atoms with Gasteiger partial charge >= 0.3 is 0 Å². The minimum Gasteiger partial charge on any atom is -0.497 e. The third kappa shape index (κ3) is 5.38. The lowest BCUT2D eigenvalue weighted by Crippen LogP contribution is -2.12. The number of aromatic nitrogens is 3. The van der Waals surface area contributed by atoms with E-state index in [-0.39, 0.29) is 5.91 Å². The number of ether oxygens (including phenoxy) is 5. The van der Waals surface area contributed by atoms with Gasteiger partial charge in [0.15, 0.2) is 17.3 Å². The monoisotopic (exact) mass is 612 g/mol. The van der Waals surface area contributed by atoms with E-state index in [1.165, 1.54) is 11.3 Å². The number of fused-ring (bicyclic) bond motifs is 1. The van der Waals surface area contributed by atoms with E-state index in [9.17, 15) is 4.79 Å². The summed E-state index contributed by atoms with van der Waals surface area (Å²) in [5.41, 5.74) is 4.79. The van der Waals surface area contributed by atoms with Crippen LogP contribution in [-0.4, -0.2) is 56.6 Å². The summed E-state index contributed by atoms with van der Waals surface area (Å²) in [6, 6.07) is 16.6. The van der Waals surface area contributed by atoms with Crippen molar-refractivity contribution in [3.8, 4) is 61.9 Å². The number of rotatable bonds is 10. The molecule has 0 atom stereocenters. The van der Waals surface area contributed by atoms with E-state index < -0.39 is 0 Å². The van der Waals surface area contributed by atoms with E-state index in [0.29, 0.717) is 56.6 Å². The van der Waals surface area contributed by atoms with E-state index in [0.717, 1.165) is 27.6 Å². The summed E-state index contributed by atoms with van der Waals surface area (Å²) in [4.78, 5) is 20.9. The first-order valence-electron chi connectivity index (χ1n) is 13.3. The van der Waals surface area contributed by atoms with E-state index in [1.54, 1.807) is 59.1 Å². The Kier molecular flexibility index (Phi) is 7.82. The Morgan fingerprint density at radius 2 is 1.57 bits per heavy atom. The van der Waals surface area contributed by atoms with Gasteiger partial charge in [0.2, 0.25) is 5.75 Å². The molecule has 0 bridgehead atoms. The van der Waals surface area contributed by atoms with Crippen molar-refractivity contribution in [1.82, 2.24) is 15.1 Å². The second kappa shape index (κ2) is 12.0. The van der Waals surface area contributed by atoms with Crippen molar-refractivity contribution in [3.05, 3.63) is 71.9 Å². The third-order valence-electron chi connectivity index (χ3n) is 7.01. The van der Waals surface area contributed by atoms with Gasteiger partial charge in [0.1, 0.15) is 27.9 Å². The molecule has 0 unspecified atom stereocenters. The van der Waals surface area contributed by atoms with Gasteiger partial charge in [0.25, 0.3) is 5.91 Å². The molecule has 1 amide bonds. The number of aromatic amines is 1. The smallest absolute Gasteiger partial charge is 0.275 e. The number of benzene rings is 3. The fraction of sp³-hybridized carbons (Fsp3) is 0.156. The molecule has 0 aliphatic rings. The van der Waals surface area contributed by atoms with Gasteiger partial charge in [0.05, 0.1) is 35.5 Å². The Hall–Kier alpha value is -5.49. The first-order valence-corrected chi connectivity index (χ1v) is 14.2. The second-order valence-electron chi connectivity index (χ2n) is 9.55. The highest BCUT2D eigenvalue weighted by Gasteiger charge is 2.19. The van der Waals surface area contributed by atoms with Crippen molar-refractivity contribution < 1.29 is 33.0 Å². The normalized spacial score (nSPS) is 10.9. The van der Waals surface area contributed by atoms with Crippen molar-refractivity contribution in [2.45, 2.75) is 0 Å². The Morgan fingerprint density at radius 3 is 2.23 bits per heavy atom. The van der Waals surface area contributed by atoms with Gasteiger partial charge in [-0.15, -0.1) is 11.3 Å². The fourth-order valence-electron chi connectivity index (χ4n) is 4.81. The molecule has 0 aliphatic carbocycles. The molecular weight excluding hydrogens is 584 g/mol. The third-order valence-corrected chi connectivity index (χ3v) is 7.90. The van der Waals surface area contributed by atoms with E-state index in [1.807, 2.05) is 42.6 Å². The Bertz CT molecular complexity index is 1930. The quantitative estimate of drug-likeness (QED) is 0.169. The van der Waals surface area contributed by atoms with Gasteiger partial charge in [-0.3, -0.25) is 4.79 Å². The molecule has 44 heavy (non-hydrogen) atoms. The van der Waals surface area contributed by atoms with Gasteiger partial charge in [0, 0.05) is 69.1 Å². The van der Waals surface area contributed by atoms with Crippen LogP contribution in [0.3, 0.4) is 0 Å². The van der Waals surface area contributed by atoms with Crippen LogP contribution in [0.4, 0.5) is 5.69 Å². The lowest BCUT2D eigenvalue weighted by atomic mass is 10.1. The predicted octanol–water partition coefficient (Wildman–Crippen LogP) is 6.91. The van der Waals surface area contributed by atoms with Gasteiger partial charge in [-0.25, -0.2) is 4.98 Å². The maximum absolute atomic E-state index is 13.0. The number of H-pyrrole nitrogens is 1. The maximum Gasteiger partial charge on any atom is 0.275 e. The van der Waals surface area contributed by atoms with E-state index in [4.69, 9.17) is 28.2 Å². The topological polar surface area (TPSA) is 130 Å². The molecule has 6 aromatic rings. The van der Waals surface area contributed by atoms with Crippen molar-refractivity contribution in [2.75, 3.05) is 40.9 Å². The summed E-state index contributed by atoms with van der Waals surface area (Å²) >= 11 is 1.38. The molecule has 0 radical (unpaired) electrons. The number of methoxy groups -OCH3 is 5. The molecule has 3 heterocycles. The molecule has 224 valence electrons. The molecule has 3 aromatic carbocycles. The summed E-state index contributed by atoms with van der Waals surface area (Å²) < 4.78 is 32.8. The molecule has 0 saturated heterocycles. The number of amides is 1. The standard InChI is InChI=1S/C32H28N4O7S/c1-38-20-11-19(12-21(13-20)39-2)34-31(37)26-16-44-32(35-26)17-6-7-24-22(8-17)23(15-33-24)27-14-25(36-43-27)18-9-28(40-3)30(42-5)29(10-18)41-4/h6-16,33H,1-5H3,(H,34,37). The molecule has 11 nitrogen and oxygen atoms in total. The summed E-state index contributed by atoms with van der Waals surface area (Å²) in [5.74, 6) is 2.89. The highest BCUT2D eigenvalue weighted by molar-refractivity contribution is 7.13. The number of nitrogens with one attached hydrogen (secondary N) is 2. The van der Waals surface area contributed by atoms with Crippen LogP contribution in [0.2, 0.25) is 0 Å². The van der Waals surface area contributed by atoms with Crippen LogP contribution in [-0.2, 0) is 0 Å². The van der Waals surface area contributed by atoms with Crippen LogP contribution in [0.5, 0.6) is 28.7 Å². The SMILES string of the molecule is COc1cc(NC(=O)c2csc(-c3ccc4[nH]cc(-c5cc(-c6cc(OC)c(OC)c(OC)c6)no5)c4c3)n2)cc(OC)c1. The summed E-state index contributed by atoms with van der Waals surface area (Å²) in [7, 11) is 7.79. The molecule has 0 saturated carbocycles. The number of anilines is 1. The number of hydrogen-bond donors (Lipinski definition) is 2.